The van der Waals surface area contributed by atoms with Crippen molar-refractivity contribution in [3.05, 3.63) is 65.2 Å². The number of ether oxygens (including phenoxy) is 1. The summed E-state index contributed by atoms with van der Waals surface area (Å²) in [5.41, 5.74) is -1.06. The average molecular weight is 426 g/mol. The van der Waals surface area contributed by atoms with Crippen molar-refractivity contribution in [1.29, 1.82) is 0 Å². The van der Waals surface area contributed by atoms with Gasteiger partial charge in [-0.15, -0.1) is 0 Å². The molecule has 30 heavy (non-hydrogen) atoms. The van der Waals surface area contributed by atoms with E-state index >= 15 is 0 Å². The Morgan fingerprint density at radius 1 is 0.933 bits per heavy atom. The van der Waals surface area contributed by atoms with E-state index in [1.165, 1.54) is 19.3 Å². The third-order valence-corrected chi connectivity index (χ3v) is 6.13. The van der Waals surface area contributed by atoms with Crippen LogP contribution in [-0.4, -0.2) is 0 Å². The van der Waals surface area contributed by atoms with Crippen LogP contribution in [0.5, 0.6) is 5.75 Å². The summed E-state index contributed by atoms with van der Waals surface area (Å²) in [6.07, 6.45) is 1.91. The van der Waals surface area contributed by atoms with Crippen molar-refractivity contribution in [2.24, 2.45) is 11.8 Å². The largest absolute Gasteiger partial charge is 0.486 e. The first-order valence-electron chi connectivity index (χ1n) is 10.6. The second-order valence-electron chi connectivity index (χ2n) is 8.15. The van der Waals surface area contributed by atoms with Crippen molar-refractivity contribution < 1.29 is 26.7 Å². The standard InChI is InChI=1S/C24H27F5O/c1-2-16-8-10-17(11-9-16)12-13-22(18-6-4-3-5-7-18)30-19-14-20(25)23(21(26)15-19)24(27,28)29/h3-7,14-17,22H,2,8-13H2,1H3/t16-,17-,22?. The Morgan fingerprint density at radius 3 is 2.03 bits per heavy atom. The van der Waals surface area contributed by atoms with Crippen LogP contribution >= 0.6 is 0 Å². The van der Waals surface area contributed by atoms with E-state index in [1.54, 1.807) is 0 Å². The van der Waals surface area contributed by atoms with Crippen LogP contribution in [0.4, 0.5) is 22.0 Å². The van der Waals surface area contributed by atoms with Gasteiger partial charge in [0.15, 0.2) is 0 Å². The fourth-order valence-corrected chi connectivity index (χ4v) is 4.33. The second kappa shape index (κ2) is 9.80. The van der Waals surface area contributed by atoms with Gasteiger partial charge in [0.1, 0.15) is 29.1 Å². The van der Waals surface area contributed by atoms with Crippen molar-refractivity contribution in [2.75, 3.05) is 0 Å². The summed E-state index contributed by atoms with van der Waals surface area (Å²) in [6.45, 7) is 2.21. The Hall–Kier alpha value is -2.11. The predicted octanol–water partition coefficient (Wildman–Crippen LogP) is 8.10. The van der Waals surface area contributed by atoms with Crippen molar-refractivity contribution in [1.82, 2.24) is 0 Å². The minimum atomic E-state index is -5.09. The first-order valence-corrected chi connectivity index (χ1v) is 10.6. The molecule has 1 unspecified atom stereocenters. The van der Waals surface area contributed by atoms with E-state index in [2.05, 4.69) is 6.92 Å². The van der Waals surface area contributed by atoms with Crippen LogP contribution in [0.3, 0.4) is 0 Å². The molecule has 1 saturated carbocycles. The van der Waals surface area contributed by atoms with Gasteiger partial charge in [-0.3, -0.25) is 0 Å². The van der Waals surface area contributed by atoms with Crippen molar-refractivity contribution in [2.45, 2.75) is 64.1 Å². The zero-order valence-electron chi connectivity index (χ0n) is 17.0. The van der Waals surface area contributed by atoms with Gasteiger partial charge in [-0.2, -0.15) is 13.2 Å². The van der Waals surface area contributed by atoms with E-state index in [0.717, 1.165) is 30.7 Å². The summed E-state index contributed by atoms with van der Waals surface area (Å²) >= 11 is 0. The maximum atomic E-state index is 14.0. The number of hydrogen-bond donors (Lipinski definition) is 0. The molecule has 1 aliphatic carbocycles. The minimum absolute atomic E-state index is 0.235. The lowest BCUT2D eigenvalue weighted by molar-refractivity contribution is -0.142. The minimum Gasteiger partial charge on any atom is -0.486 e. The molecule has 1 atom stereocenters. The maximum Gasteiger partial charge on any atom is 0.422 e. The molecule has 0 amide bonds. The van der Waals surface area contributed by atoms with E-state index in [0.29, 0.717) is 24.5 Å². The lowest BCUT2D eigenvalue weighted by Gasteiger charge is -2.29. The van der Waals surface area contributed by atoms with Crippen LogP contribution in [0.15, 0.2) is 42.5 Å². The first kappa shape index (κ1) is 22.6. The van der Waals surface area contributed by atoms with Gasteiger partial charge in [0.05, 0.1) is 0 Å². The Labute approximate surface area is 174 Å². The second-order valence-corrected chi connectivity index (χ2v) is 8.15. The summed E-state index contributed by atoms with van der Waals surface area (Å²) in [5, 5.41) is 0. The topological polar surface area (TPSA) is 9.23 Å². The molecule has 0 radical (unpaired) electrons. The van der Waals surface area contributed by atoms with Crippen molar-refractivity contribution in [3.8, 4) is 5.75 Å². The molecule has 1 aliphatic rings. The van der Waals surface area contributed by atoms with Crippen molar-refractivity contribution in [3.63, 3.8) is 0 Å². The van der Waals surface area contributed by atoms with Crippen LogP contribution in [-0.2, 0) is 6.18 Å². The Bertz CT molecular complexity index is 787. The molecule has 0 aliphatic heterocycles. The smallest absolute Gasteiger partial charge is 0.422 e. The summed E-state index contributed by atoms with van der Waals surface area (Å²) < 4.78 is 72.2. The van der Waals surface area contributed by atoms with Crippen molar-refractivity contribution >= 4 is 0 Å². The maximum absolute atomic E-state index is 14.0. The molecule has 6 heteroatoms. The molecule has 0 N–H and O–H groups in total. The molecule has 2 aromatic carbocycles. The fraction of sp³-hybridized carbons (Fsp3) is 0.500. The summed E-state index contributed by atoms with van der Waals surface area (Å²) in [6, 6.07) is 10.5. The van der Waals surface area contributed by atoms with E-state index in [4.69, 9.17) is 4.74 Å². The van der Waals surface area contributed by atoms with E-state index in [-0.39, 0.29) is 5.75 Å². The zero-order chi connectivity index (χ0) is 21.7. The number of rotatable bonds is 7. The van der Waals surface area contributed by atoms with Crippen LogP contribution < -0.4 is 4.74 Å². The molecular weight excluding hydrogens is 399 g/mol. The van der Waals surface area contributed by atoms with Gasteiger partial charge in [-0.25, -0.2) is 8.78 Å². The molecule has 2 aromatic rings. The highest BCUT2D eigenvalue weighted by atomic mass is 19.4. The molecule has 0 heterocycles. The molecule has 1 fully saturated rings. The van der Waals surface area contributed by atoms with E-state index in [1.807, 2.05) is 30.3 Å². The van der Waals surface area contributed by atoms with Gasteiger partial charge in [-0.05, 0) is 30.2 Å². The quantitative estimate of drug-likeness (QED) is 0.407. The predicted molar refractivity (Wildman–Crippen MR) is 106 cm³/mol. The summed E-state index contributed by atoms with van der Waals surface area (Å²) in [4.78, 5) is 0. The monoisotopic (exact) mass is 426 g/mol. The third kappa shape index (κ3) is 5.73. The van der Waals surface area contributed by atoms with Gasteiger partial charge < -0.3 is 4.74 Å². The van der Waals surface area contributed by atoms with Crippen LogP contribution in [0.2, 0.25) is 0 Å². The van der Waals surface area contributed by atoms with Gasteiger partial charge in [-0.1, -0.05) is 69.4 Å². The summed E-state index contributed by atoms with van der Waals surface area (Å²) in [7, 11) is 0. The van der Waals surface area contributed by atoms with Gasteiger partial charge >= 0.3 is 6.18 Å². The van der Waals surface area contributed by atoms with E-state index in [9.17, 15) is 22.0 Å². The molecular formula is C24H27F5O. The molecule has 0 saturated heterocycles. The molecule has 0 aromatic heterocycles. The first-order chi connectivity index (χ1) is 14.3. The van der Waals surface area contributed by atoms with Gasteiger partial charge in [0, 0.05) is 12.1 Å². The third-order valence-electron chi connectivity index (χ3n) is 6.13. The van der Waals surface area contributed by atoms with Crippen LogP contribution in [0.25, 0.3) is 0 Å². The lowest BCUT2D eigenvalue weighted by Crippen LogP contribution is -2.16. The highest BCUT2D eigenvalue weighted by molar-refractivity contribution is 5.33. The Kier molecular flexibility index (Phi) is 7.37. The number of benzene rings is 2. The van der Waals surface area contributed by atoms with Gasteiger partial charge in [0.25, 0.3) is 0 Å². The summed E-state index contributed by atoms with van der Waals surface area (Å²) in [5.74, 6) is -2.20. The van der Waals surface area contributed by atoms with E-state index < -0.39 is 29.5 Å². The molecule has 164 valence electrons. The molecule has 0 spiro atoms. The number of alkyl halides is 3. The lowest BCUT2D eigenvalue weighted by atomic mass is 9.78. The highest BCUT2D eigenvalue weighted by Crippen LogP contribution is 2.38. The average Bonchev–Trinajstić information content (AvgIpc) is 2.70. The Balaban J connectivity index is 1.74. The Morgan fingerprint density at radius 2 is 1.50 bits per heavy atom. The molecule has 3 rings (SSSR count). The SMILES string of the molecule is CC[C@H]1CC[C@H](CCC(Oc2cc(F)c(C(F)(F)F)c(F)c2)c2ccccc2)CC1. The molecule has 1 nitrogen and oxygen atoms in total. The van der Waals surface area contributed by atoms with Gasteiger partial charge in [0.2, 0.25) is 0 Å². The highest BCUT2D eigenvalue weighted by Gasteiger charge is 2.38. The zero-order valence-corrected chi connectivity index (χ0v) is 17.0. The molecule has 0 bridgehead atoms. The normalized spacial score (nSPS) is 20.7. The van der Waals surface area contributed by atoms with Crippen LogP contribution in [0, 0.1) is 23.5 Å². The number of hydrogen-bond acceptors (Lipinski definition) is 1. The fourth-order valence-electron chi connectivity index (χ4n) is 4.33. The number of halogens is 5. The van der Waals surface area contributed by atoms with Crippen LogP contribution in [0.1, 0.15) is 69.1 Å².